The lowest BCUT2D eigenvalue weighted by Crippen LogP contribution is -2.32. The van der Waals surface area contributed by atoms with Crippen LogP contribution in [0.15, 0.2) is 35.3 Å². The Morgan fingerprint density at radius 3 is 2.79 bits per heavy atom. The summed E-state index contributed by atoms with van der Waals surface area (Å²) in [6.07, 6.45) is 3.86. The summed E-state index contributed by atoms with van der Waals surface area (Å²) in [7, 11) is 0. The number of carbonyl (C=O) groups is 1. The van der Waals surface area contributed by atoms with Crippen LogP contribution in [-0.2, 0) is 17.9 Å². The molecule has 1 fully saturated rings. The van der Waals surface area contributed by atoms with Crippen molar-refractivity contribution in [3.8, 4) is 0 Å². The van der Waals surface area contributed by atoms with Crippen LogP contribution in [0.3, 0.4) is 0 Å². The minimum atomic E-state index is -0.520. The number of carbonyl (C=O) groups excluding carboxylic acids is 1. The standard InChI is InChI=1S/C18H18ClFN6O2/c19-13-9-12(3-4-14(13)20)10-21-16(27)11-26-18(28)25-8-5-15(22-17(25)23-26)24-6-1-2-7-24/h3-5,8-9H,1-2,6-7,10-11H2,(H,21,27). The Morgan fingerprint density at radius 2 is 2.04 bits per heavy atom. The molecule has 0 radical (unpaired) electrons. The molecule has 146 valence electrons. The van der Waals surface area contributed by atoms with E-state index in [2.05, 4.69) is 20.3 Å². The molecule has 28 heavy (non-hydrogen) atoms. The van der Waals surface area contributed by atoms with Gasteiger partial charge in [0, 0.05) is 25.8 Å². The summed E-state index contributed by atoms with van der Waals surface area (Å²) in [6, 6.07) is 5.99. The highest BCUT2D eigenvalue weighted by Gasteiger charge is 2.17. The lowest BCUT2D eigenvalue weighted by molar-refractivity contribution is -0.122. The van der Waals surface area contributed by atoms with Gasteiger partial charge in [-0.25, -0.2) is 18.3 Å². The fourth-order valence-corrected chi connectivity index (χ4v) is 3.37. The van der Waals surface area contributed by atoms with Crippen molar-refractivity contribution in [1.82, 2.24) is 24.5 Å². The van der Waals surface area contributed by atoms with Crippen LogP contribution in [0.1, 0.15) is 18.4 Å². The molecule has 0 saturated carbocycles. The molecule has 0 unspecified atom stereocenters. The molecule has 3 aromatic rings. The summed E-state index contributed by atoms with van der Waals surface area (Å²) in [5, 5.41) is 6.82. The first-order chi connectivity index (χ1) is 13.5. The molecule has 1 aliphatic heterocycles. The molecular weight excluding hydrogens is 387 g/mol. The van der Waals surface area contributed by atoms with Gasteiger partial charge in [-0.15, -0.1) is 5.10 Å². The largest absolute Gasteiger partial charge is 0.356 e. The van der Waals surface area contributed by atoms with E-state index in [1.807, 2.05) is 0 Å². The van der Waals surface area contributed by atoms with E-state index in [-0.39, 0.29) is 23.9 Å². The number of fused-ring (bicyclic) bond motifs is 1. The molecule has 1 saturated heterocycles. The summed E-state index contributed by atoms with van der Waals surface area (Å²) in [5.74, 6) is 0.117. The third-order valence-electron chi connectivity index (χ3n) is 4.64. The number of hydrogen-bond acceptors (Lipinski definition) is 5. The van der Waals surface area contributed by atoms with Gasteiger partial charge < -0.3 is 10.2 Å². The van der Waals surface area contributed by atoms with Crippen molar-refractivity contribution in [2.75, 3.05) is 18.0 Å². The first-order valence-corrected chi connectivity index (χ1v) is 9.31. The van der Waals surface area contributed by atoms with Crippen molar-refractivity contribution in [3.63, 3.8) is 0 Å². The van der Waals surface area contributed by atoms with Crippen LogP contribution in [0.5, 0.6) is 0 Å². The fraction of sp³-hybridized carbons (Fsp3) is 0.333. The Morgan fingerprint density at radius 1 is 1.25 bits per heavy atom. The van der Waals surface area contributed by atoms with Gasteiger partial charge in [-0.3, -0.25) is 4.79 Å². The predicted molar refractivity (Wildman–Crippen MR) is 102 cm³/mol. The summed E-state index contributed by atoms with van der Waals surface area (Å²) < 4.78 is 15.6. The highest BCUT2D eigenvalue weighted by Crippen LogP contribution is 2.17. The maximum Gasteiger partial charge on any atom is 0.352 e. The first-order valence-electron chi connectivity index (χ1n) is 8.93. The average Bonchev–Trinajstić information content (AvgIpc) is 3.32. The molecule has 1 aliphatic rings. The summed E-state index contributed by atoms with van der Waals surface area (Å²) in [5.41, 5.74) is 0.217. The van der Waals surface area contributed by atoms with E-state index in [4.69, 9.17) is 11.6 Å². The molecular formula is C18H18ClFN6O2. The molecule has 0 spiro atoms. The zero-order valence-corrected chi connectivity index (χ0v) is 15.7. The van der Waals surface area contributed by atoms with Crippen LogP contribution in [0.2, 0.25) is 5.02 Å². The molecule has 0 bridgehead atoms. The molecule has 4 rings (SSSR count). The van der Waals surface area contributed by atoms with Gasteiger partial charge >= 0.3 is 5.69 Å². The van der Waals surface area contributed by atoms with Gasteiger partial charge in [0.2, 0.25) is 5.91 Å². The predicted octanol–water partition coefficient (Wildman–Crippen LogP) is 1.60. The first kappa shape index (κ1) is 18.4. The van der Waals surface area contributed by atoms with Crippen LogP contribution in [-0.4, -0.2) is 38.2 Å². The Hall–Kier alpha value is -2.94. The number of rotatable bonds is 5. The van der Waals surface area contributed by atoms with Gasteiger partial charge in [0.05, 0.1) is 5.02 Å². The topological polar surface area (TPSA) is 84.5 Å². The Bertz CT molecular complexity index is 1090. The second kappa shape index (κ2) is 7.59. The van der Waals surface area contributed by atoms with Crippen molar-refractivity contribution in [2.24, 2.45) is 0 Å². The number of anilines is 1. The van der Waals surface area contributed by atoms with Crippen LogP contribution in [0.25, 0.3) is 5.78 Å². The number of nitrogens with one attached hydrogen (secondary N) is 1. The normalized spacial score (nSPS) is 14.0. The summed E-state index contributed by atoms with van der Waals surface area (Å²) in [4.78, 5) is 31.2. The van der Waals surface area contributed by atoms with Gasteiger partial charge in [-0.2, -0.15) is 4.98 Å². The summed E-state index contributed by atoms with van der Waals surface area (Å²) >= 11 is 5.73. The van der Waals surface area contributed by atoms with Gasteiger partial charge in [-0.05, 0) is 36.6 Å². The minimum absolute atomic E-state index is 0.0109. The lowest BCUT2D eigenvalue weighted by Gasteiger charge is -2.15. The van der Waals surface area contributed by atoms with Gasteiger partial charge in [-0.1, -0.05) is 17.7 Å². The van der Waals surface area contributed by atoms with E-state index < -0.39 is 17.4 Å². The highest BCUT2D eigenvalue weighted by atomic mass is 35.5. The van der Waals surface area contributed by atoms with Crippen LogP contribution >= 0.6 is 11.6 Å². The quantitative estimate of drug-likeness (QED) is 0.698. The molecule has 8 nitrogen and oxygen atoms in total. The average molecular weight is 405 g/mol. The number of halogens is 2. The minimum Gasteiger partial charge on any atom is -0.356 e. The van der Waals surface area contributed by atoms with Crippen LogP contribution in [0.4, 0.5) is 10.2 Å². The van der Waals surface area contributed by atoms with E-state index in [0.717, 1.165) is 36.4 Å². The van der Waals surface area contributed by atoms with Crippen molar-refractivity contribution >= 4 is 29.1 Å². The fourth-order valence-electron chi connectivity index (χ4n) is 3.16. The van der Waals surface area contributed by atoms with Crippen molar-refractivity contribution in [3.05, 3.63) is 57.3 Å². The van der Waals surface area contributed by atoms with Crippen molar-refractivity contribution in [1.29, 1.82) is 0 Å². The summed E-state index contributed by atoms with van der Waals surface area (Å²) in [6.45, 7) is 1.79. The third kappa shape index (κ3) is 3.70. The highest BCUT2D eigenvalue weighted by molar-refractivity contribution is 6.30. The molecule has 1 N–H and O–H groups in total. The number of hydrogen-bond donors (Lipinski definition) is 1. The Balaban J connectivity index is 1.46. The zero-order chi connectivity index (χ0) is 19.7. The molecule has 2 aromatic heterocycles. The van der Waals surface area contributed by atoms with Crippen molar-refractivity contribution in [2.45, 2.75) is 25.9 Å². The lowest BCUT2D eigenvalue weighted by atomic mass is 10.2. The zero-order valence-electron chi connectivity index (χ0n) is 14.9. The van der Waals surface area contributed by atoms with E-state index in [1.165, 1.54) is 22.6 Å². The molecule has 3 heterocycles. The van der Waals surface area contributed by atoms with Gasteiger partial charge in [0.25, 0.3) is 5.78 Å². The van der Waals surface area contributed by atoms with Crippen molar-refractivity contribution < 1.29 is 9.18 Å². The van der Waals surface area contributed by atoms with Gasteiger partial charge in [0.1, 0.15) is 18.2 Å². The molecule has 0 atom stereocenters. The third-order valence-corrected chi connectivity index (χ3v) is 4.93. The van der Waals surface area contributed by atoms with Gasteiger partial charge in [0.15, 0.2) is 0 Å². The Labute approximate surface area is 164 Å². The monoisotopic (exact) mass is 404 g/mol. The maximum atomic E-state index is 13.2. The van der Waals surface area contributed by atoms with E-state index in [9.17, 15) is 14.0 Å². The molecule has 0 aliphatic carbocycles. The maximum absolute atomic E-state index is 13.2. The van der Waals surface area contributed by atoms with Crippen LogP contribution in [0, 0.1) is 5.82 Å². The molecule has 10 heteroatoms. The number of nitrogens with zero attached hydrogens (tertiary/aromatic N) is 5. The second-order valence-corrected chi connectivity index (χ2v) is 7.02. The SMILES string of the molecule is O=C(Cn1nc2nc(N3CCCC3)ccn2c1=O)NCc1ccc(F)c(Cl)c1. The number of aromatic nitrogens is 4. The van der Waals surface area contributed by atoms with E-state index >= 15 is 0 Å². The molecule has 1 aromatic carbocycles. The van der Waals surface area contributed by atoms with E-state index in [0.29, 0.717) is 5.56 Å². The van der Waals surface area contributed by atoms with Crippen LogP contribution < -0.4 is 15.9 Å². The second-order valence-electron chi connectivity index (χ2n) is 6.62. The smallest absolute Gasteiger partial charge is 0.352 e. The molecule has 1 amide bonds. The Kier molecular flexibility index (Phi) is 4.99. The number of benzene rings is 1. The van der Waals surface area contributed by atoms with E-state index in [1.54, 1.807) is 12.3 Å². The number of amides is 1.